The Balaban J connectivity index is 2.81. The highest BCUT2D eigenvalue weighted by Gasteiger charge is 2.38. The van der Waals surface area contributed by atoms with Crippen molar-refractivity contribution >= 4 is 0 Å². The van der Waals surface area contributed by atoms with Crippen molar-refractivity contribution < 1.29 is 5.21 Å². The van der Waals surface area contributed by atoms with Gasteiger partial charge >= 0.3 is 0 Å². The molecule has 1 rings (SSSR count). The predicted octanol–water partition coefficient (Wildman–Crippen LogP) is 2.81. The molecular formula is C10H21NO. The molecule has 0 unspecified atom stereocenters. The van der Waals surface area contributed by atoms with Gasteiger partial charge in [0.1, 0.15) is 0 Å². The highest BCUT2D eigenvalue weighted by atomic mass is 16.5. The van der Waals surface area contributed by atoms with E-state index in [0.29, 0.717) is 0 Å². The lowest BCUT2D eigenvalue weighted by Crippen LogP contribution is -2.52. The largest absolute Gasteiger partial charge is 0.313 e. The van der Waals surface area contributed by atoms with Crippen LogP contribution in [0, 0.1) is 0 Å². The lowest BCUT2D eigenvalue weighted by atomic mass is 9.95. The van der Waals surface area contributed by atoms with E-state index in [1.165, 1.54) is 12.8 Å². The van der Waals surface area contributed by atoms with Gasteiger partial charge in [-0.25, -0.2) is 0 Å². The molecule has 1 heterocycles. The van der Waals surface area contributed by atoms with Crippen LogP contribution in [0.1, 0.15) is 53.4 Å². The first-order chi connectivity index (χ1) is 5.36. The maximum atomic E-state index is 9.98. The summed E-state index contributed by atoms with van der Waals surface area (Å²) in [5.74, 6) is 0. The van der Waals surface area contributed by atoms with Gasteiger partial charge in [0, 0.05) is 11.1 Å². The van der Waals surface area contributed by atoms with Gasteiger partial charge in [0.25, 0.3) is 0 Å². The average Bonchev–Trinajstić information content (AvgIpc) is 2.02. The molecular weight excluding hydrogens is 150 g/mol. The third-order valence-electron chi connectivity index (χ3n) is 2.97. The van der Waals surface area contributed by atoms with Gasteiger partial charge in [-0.2, -0.15) is 5.06 Å². The van der Waals surface area contributed by atoms with Crippen LogP contribution in [0.25, 0.3) is 0 Å². The second-order valence-corrected chi connectivity index (χ2v) is 5.14. The maximum absolute atomic E-state index is 9.98. The number of nitrogens with zero attached hydrogens (tertiary/aromatic N) is 1. The van der Waals surface area contributed by atoms with Gasteiger partial charge in [0.05, 0.1) is 0 Å². The fourth-order valence-corrected chi connectivity index (χ4v) is 2.15. The van der Waals surface area contributed by atoms with Crippen molar-refractivity contribution in [3.8, 4) is 0 Å². The molecule has 0 atom stereocenters. The number of hydrogen-bond donors (Lipinski definition) is 1. The van der Waals surface area contributed by atoms with E-state index in [4.69, 9.17) is 0 Å². The van der Waals surface area contributed by atoms with Crippen LogP contribution in [-0.2, 0) is 0 Å². The van der Waals surface area contributed by atoms with Gasteiger partial charge in [-0.3, -0.25) is 0 Å². The van der Waals surface area contributed by atoms with Gasteiger partial charge in [-0.15, -0.1) is 0 Å². The average molecular weight is 171 g/mol. The summed E-state index contributed by atoms with van der Waals surface area (Å²) in [5.41, 5.74) is -0.111. The Bertz CT molecular complexity index is 145. The zero-order valence-corrected chi connectivity index (χ0v) is 8.72. The molecule has 1 fully saturated rings. The zero-order chi connectivity index (χ0) is 9.41. The van der Waals surface area contributed by atoms with Crippen molar-refractivity contribution in [3.63, 3.8) is 0 Å². The Kier molecular flexibility index (Phi) is 2.50. The minimum absolute atomic E-state index is 0.0556. The molecule has 0 aliphatic carbocycles. The van der Waals surface area contributed by atoms with Crippen LogP contribution >= 0.6 is 0 Å². The fourth-order valence-electron chi connectivity index (χ4n) is 2.15. The van der Waals surface area contributed by atoms with E-state index in [1.807, 2.05) is 0 Å². The molecule has 0 radical (unpaired) electrons. The Morgan fingerprint density at radius 1 is 0.917 bits per heavy atom. The highest BCUT2D eigenvalue weighted by molar-refractivity contribution is 4.89. The summed E-state index contributed by atoms with van der Waals surface area (Å²) < 4.78 is 0. The molecule has 1 aliphatic rings. The zero-order valence-electron chi connectivity index (χ0n) is 8.72. The molecule has 0 aromatic carbocycles. The van der Waals surface area contributed by atoms with Crippen LogP contribution in [0.5, 0.6) is 0 Å². The van der Waals surface area contributed by atoms with Crippen molar-refractivity contribution in [1.29, 1.82) is 0 Å². The lowest BCUT2D eigenvalue weighted by molar-refractivity contribution is -0.221. The minimum atomic E-state index is -0.0556. The van der Waals surface area contributed by atoms with Crippen molar-refractivity contribution in [2.75, 3.05) is 0 Å². The van der Waals surface area contributed by atoms with Gasteiger partial charge < -0.3 is 5.21 Å². The summed E-state index contributed by atoms with van der Waals surface area (Å²) in [4.78, 5) is 0. The number of hydroxylamine groups is 2. The van der Waals surface area contributed by atoms with Crippen LogP contribution in [0.15, 0.2) is 0 Å². The standard InChI is InChI=1S/C10H21NO/c1-9(2)7-5-6-8-10(3,4)11(9)12/h12H,5-8H2,1-4H3. The number of rotatable bonds is 0. The van der Waals surface area contributed by atoms with Gasteiger partial charge in [-0.05, 0) is 40.5 Å². The molecule has 0 spiro atoms. The van der Waals surface area contributed by atoms with Crippen molar-refractivity contribution in [2.45, 2.75) is 64.5 Å². The van der Waals surface area contributed by atoms with Crippen molar-refractivity contribution in [3.05, 3.63) is 0 Å². The van der Waals surface area contributed by atoms with Crippen LogP contribution < -0.4 is 0 Å². The molecule has 0 amide bonds. The van der Waals surface area contributed by atoms with E-state index < -0.39 is 0 Å². The topological polar surface area (TPSA) is 23.5 Å². The summed E-state index contributed by atoms with van der Waals surface area (Å²) in [6.45, 7) is 8.44. The second kappa shape index (κ2) is 3.00. The molecule has 1 saturated heterocycles. The predicted molar refractivity (Wildman–Crippen MR) is 50.3 cm³/mol. The minimum Gasteiger partial charge on any atom is -0.313 e. The highest BCUT2D eigenvalue weighted by Crippen LogP contribution is 2.34. The van der Waals surface area contributed by atoms with Gasteiger partial charge in [0.15, 0.2) is 0 Å². The second-order valence-electron chi connectivity index (χ2n) is 5.14. The molecule has 0 bridgehead atoms. The maximum Gasteiger partial charge on any atom is 0.0410 e. The first-order valence-electron chi connectivity index (χ1n) is 4.85. The molecule has 0 aromatic rings. The Hall–Kier alpha value is -0.0800. The fraction of sp³-hybridized carbons (Fsp3) is 1.00. The van der Waals surface area contributed by atoms with Crippen LogP contribution in [0.3, 0.4) is 0 Å². The Morgan fingerprint density at radius 2 is 1.25 bits per heavy atom. The molecule has 2 nitrogen and oxygen atoms in total. The molecule has 12 heavy (non-hydrogen) atoms. The number of hydrogen-bond acceptors (Lipinski definition) is 2. The van der Waals surface area contributed by atoms with Crippen molar-refractivity contribution in [2.24, 2.45) is 0 Å². The van der Waals surface area contributed by atoms with Crippen LogP contribution in [0.4, 0.5) is 0 Å². The SMILES string of the molecule is CC1(C)CCCCC(C)(C)N1O. The van der Waals surface area contributed by atoms with E-state index in [-0.39, 0.29) is 11.1 Å². The van der Waals surface area contributed by atoms with E-state index in [2.05, 4.69) is 27.7 Å². The van der Waals surface area contributed by atoms with E-state index in [9.17, 15) is 5.21 Å². The normalized spacial score (nSPS) is 29.8. The molecule has 0 saturated carbocycles. The van der Waals surface area contributed by atoms with E-state index >= 15 is 0 Å². The molecule has 1 aliphatic heterocycles. The van der Waals surface area contributed by atoms with Gasteiger partial charge in [0.2, 0.25) is 0 Å². The summed E-state index contributed by atoms with van der Waals surface area (Å²) in [7, 11) is 0. The Labute approximate surface area is 75.5 Å². The van der Waals surface area contributed by atoms with Gasteiger partial charge in [-0.1, -0.05) is 12.8 Å². The first-order valence-corrected chi connectivity index (χ1v) is 4.85. The first kappa shape index (κ1) is 10.0. The van der Waals surface area contributed by atoms with Crippen LogP contribution in [0.2, 0.25) is 0 Å². The third-order valence-corrected chi connectivity index (χ3v) is 2.97. The summed E-state index contributed by atoms with van der Waals surface area (Å²) >= 11 is 0. The molecule has 72 valence electrons. The molecule has 0 aromatic heterocycles. The van der Waals surface area contributed by atoms with E-state index in [0.717, 1.165) is 12.8 Å². The van der Waals surface area contributed by atoms with Crippen LogP contribution in [-0.4, -0.2) is 21.3 Å². The summed E-state index contributed by atoms with van der Waals surface area (Å²) in [6, 6.07) is 0. The van der Waals surface area contributed by atoms with E-state index in [1.54, 1.807) is 5.06 Å². The third kappa shape index (κ3) is 1.80. The quantitative estimate of drug-likeness (QED) is 0.606. The Morgan fingerprint density at radius 3 is 1.58 bits per heavy atom. The smallest absolute Gasteiger partial charge is 0.0410 e. The summed E-state index contributed by atoms with van der Waals surface area (Å²) in [6.07, 6.45) is 4.64. The molecule has 1 N–H and O–H groups in total. The molecule has 2 heteroatoms. The van der Waals surface area contributed by atoms with Crippen molar-refractivity contribution in [1.82, 2.24) is 5.06 Å². The monoisotopic (exact) mass is 171 g/mol. The lowest BCUT2D eigenvalue weighted by Gasteiger charge is -2.42. The summed E-state index contributed by atoms with van der Waals surface area (Å²) in [5, 5.41) is 11.5.